The minimum atomic E-state index is -0.885. The molecule has 0 aromatic carbocycles. The summed E-state index contributed by atoms with van der Waals surface area (Å²) in [5, 5.41) is 2.19. The molecule has 2 aliphatic heterocycles. The van der Waals surface area contributed by atoms with Gasteiger partial charge in [0.15, 0.2) is 0 Å². The smallest absolute Gasteiger partial charge is 0.261 e. The van der Waals surface area contributed by atoms with Crippen LogP contribution in [0.15, 0.2) is 23.3 Å². The zero-order valence-electron chi connectivity index (χ0n) is 11.9. The van der Waals surface area contributed by atoms with Crippen LogP contribution in [0.1, 0.15) is 26.7 Å². The van der Waals surface area contributed by atoms with Crippen LogP contribution in [0.4, 0.5) is 0 Å². The van der Waals surface area contributed by atoms with E-state index in [1.54, 1.807) is 6.08 Å². The van der Waals surface area contributed by atoms with E-state index in [1.807, 2.05) is 19.9 Å². The first kappa shape index (κ1) is 13.7. The second-order valence-electron chi connectivity index (χ2n) is 5.78. The Bertz CT molecular complexity index is 632. The highest BCUT2D eigenvalue weighted by Crippen LogP contribution is 2.37. The molecule has 2 unspecified atom stereocenters. The molecule has 2 heterocycles. The number of nitrogens with one attached hydrogen (secondary N) is 1. The van der Waals surface area contributed by atoms with Gasteiger partial charge in [-0.3, -0.25) is 29.4 Å². The number of carbonyl (C=O) groups excluding carboxylic acids is 4. The van der Waals surface area contributed by atoms with Gasteiger partial charge in [0.2, 0.25) is 11.8 Å². The lowest BCUT2D eigenvalue weighted by molar-refractivity contribution is -0.150. The summed E-state index contributed by atoms with van der Waals surface area (Å²) in [6.45, 7) is 3.89. The second-order valence-corrected chi connectivity index (χ2v) is 5.78. The molecule has 1 fully saturated rings. The molecule has 21 heavy (non-hydrogen) atoms. The molecule has 0 saturated carbocycles. The van der Waals surface area contributed by atoms with Crippen LogP contribution in [0.3, 0.4) is 0 Å². The maximum absolute atomic E-state index is 12.6. The molecule has 4 amide bonds. The largest absolute Gasteiger partial charge is 0.295 e. The summed E-state index contributed by atoms with van der Waals surface area (Å²) in [7, 11) is 0. The number of amides is 4. The lowest BCUT2D eigenvalue weighted by atomic mass is 9.82. The standard InChI is InChI=1S/C15H16N2O4/c1-7-3-4-9-12(8(7)2)15(21)17(14(9)20)10-5-6-11(18)16-13(10)19/h3-4,7-8,10H,5-6H2,1-2H3,(H,16,18,19)/t7?,8-,10?/m0/s1. The summed E-state index contributed by atoms with van der Waals surface area (Å²) in [6.07, 6.45) is 3.91. The summed E-state index contributed by atoms with van der Waals surface area (Å²) in [5.74, 6) is -1.65. The molecular weight excluding hydrogens is 272 g/mol. The molecule has 3 rings (SSSR count). The van der Waals surface area contributed by atoms with E-state index in [1.165, 1.54) is 0 Å². The number of allylic oxidation sites excluding steroid dienone is 1. The average Bonchev–Trinajstić information content (AvgIpc) is 2.67. The predicted octanol–water partition coefficient (Wildman–Crippen LogP) is 0.299. The molecule has 0 spiro atoms. The van der Waals surface area contributed by atoms with Crippen LogP contribution in [-0.2, 0) is 19.2 Å². The van der Waals surface area contributed by atoms with Crippen LogP contribution in [0.5, 0.6) is 0 Å². The van der Waals surface area contributed by atoms with Gasteiger partial charge in [-0.25, -0.2) is 0 Å². The first-order valence-corrected chi connectivity index (χ1v) is 7.05. The van der Waals surface area contributed by atoms with Crippen LogP contribution in [0, 0.1) is 11.8 Å². The number of hydrogen-bond acceptors (Lipinski definition) is 4. The van der Waals surface area contributed by atoms with E-state index in [2.05, 4.69) is 5.32 Å². The van der Waals surface area contributed by atoms with Gasteiger partial charge in [-0.05, 0) is 18.3 Å². The lowest BCUT2D eigenvalue weighted by Crippen LogP contribution is -2.54. The number of nitrogens with zero attached hydrogens (tertiary/aromatic N) is 1. The minimum absolute atomic E-state index is 0.0558. The van der Waals surface area contributed by atoms with E-state index in [0.29, 0.717) is 11.1 Å². The third kappa shape index (κ3) is 1.93. The molecule has 1 N–H and O–H groups in total. The molecule has 3 atom stereocenters. The number of imide groups is 2. The van der Waals surface area contributed by atoms with Gasteiger partial charge in [0.05, 0.1) is 0 Å². The topological polar surface area (TPSA) is 83.6 Å². The van der Waals surface area contributed by atoms with Gasteiger partial charge < -0.3 is 0 Å². The number of piperidine rings is 1. The van der Waals surface area contributed by atoms with Crippen molar-refractivity contribution in [1.29, 1.82) is 0 Å². The van der Waals surface area contributed by atoms with Crippen molar-refractivity contribution in [2.75, 3.05) is 0 Å². The molecule has 1 saturated heterocycles. The SMILES string of the molecule is CC1C=CC2=C(C(=O)N(C3CCC(=O)NC3=O)C2=O)[C@H]1C. The van der Waals surface area contributed by atoms with Crippen molar-refractivity contribution in [3.63, 3.8) is 0 Å². The first-order valence-electron chi connectivity index (χ1n) is 7.05. The maximum atomic E-state index is 12.6. The van der Waals surface area contributed by atoms with Crippen molar-refractivity contribution in [1.82, 2.24) is 10.2 Å². The Balaban J connectivity index is 1.93. The van der Waals surface area contributed by atoms with Crippen molar-refractivity contribution >= 4 is 23.6 Å². The van der Waals surface area contributed by atoms with Crippen LogP contribution >= 0.6 is 0 Å². The number of rotatable bonds is 1. The normalized spacial score (nSPS) is 32.7. The Kier molecular flexibility index (Phi) is 3.04. The second kappa shape index (κ2) is 4.65. The van der Waals surface area contributed by atoms with Gasteiger partial charge in [0.25, 0.3) is 11.8 Å². The summed E-state index contributed by atoms with van der Waals surface area (Å²) < 4.78 is 0. The fourth-order valence-electron chi connectivity index (χ4n) is 3.07. The van der Waals surface area contributed by atoms with Crippen LogP contribution in [0.2, 0.25) is 0 Å². The number of hydrogen-bond donors (Lipinski definition) is 1. The van der Waals surface area contributed by atoms with Gasteiger partial charge in [0, 0.05) is 17.6 Å². The van der Waals surface area contributed by atoms with E-state index < -0.39 is 23.8 Å². The van der Waals surface area contributed by atoms with Gasteiger partial charge in [0.1, 0.15) is 6.04 Å². The van der Waals surface area contributed by atoms with Crippen molar-refractivity contribution in [2.24, 2.45) is 11.8 Å². The Labute approximate surface area is 121 Å². The highest BCUT2D eigenvalue weighted by molar-refractivity contribution is 6.23. The molecule has 6 heteroatoms. The third-order valence-corrected chi connectivity index (χ3v) is 4.52. The number of carbonyl (C=O) groups is 4. The lowest BCUT2D eigenvalue weighted by Gasteiger charge is -2.28. The van der Waals surface area contributed by atoms with E-state index in [9.17, 15) is 19.2 Å². The first-order chi connectivity index (χ1) is 9.91. The molecule has 110 valence electrons. The minimum Gasteiger partial charge on any atom is -0.295 e. The van der Waals surface area contributed by atoms with E-state index in [-0.39, 0.29) is 30.6 Å². The fraction of sp³-hybridized carbons (Fsp3) is 0.467. The molecule has 0 radical (unpaired) electrons. The van der Waals surface area contributed by atoms with Gasteiger partial charge in [-0.2, -0.15) is 0 Å². The predicted molar refractivity (Wildman–Crippen MR) is 72.5 cm³/mol. The van der Waals surface area contributed by atoms with Crippen molar-refractivity contribution in [2.45, 2.75) is 32.7 Å². The zero-order valence-corrected chi connectivity index (χ0v) is 11.9. The van der Waals surface area contributed by atoms with Gasteiger partial charge in [-0.15, -0.1) is 0 Å². The quantitative estimate of drug-likeness (QED) is 0.703. The van der Waals surface area contributed by atoms with Crippen LogP contribution in [-0.4, -0.2) is 34.6 Å². The summed E-state index contributed by atoms with van der Waals surface area (Å²) in [6, 6.07) is -0.885. The average molecular weight is 288 g/mol. The van der Waals surface area contributed by atoms with E-state index in [4.69, 9.17) is 0 Å². The summed E-state index contributed by atoms with van der Waals surface area (Å²) >= 11 is 0. The van der Waals surface area contributed by atoms with Crippen LogP contribution < -0.4 is 5.32 Å². The van der Waals surface area contributed by atoms with Crippen LogP contribution in [0.25, 0.3) is 0 Å². The Hall–Kier alpha value is -2.24. The van der Waals surface area contributed by atoms with E-state index in [0.717, 1.165) is 4.90 Å². The Morgan fingerprint density at radius 3 is 2.52 bits per heavy atom. The molecule has 0 aromatic heterocycles. The zero-order chi connectivity index (χ0) is 15.3. The Morgan fingerprint density at radius 1 is 1.14 bits per heavy atom. The fourth-order valence-corrected chi connectivity index (χ4v) is 3.07. The summed E-state index contributed by atoms with van der Waals surface area (Å²) in [4.78, 5) is 49.2. The molecule has 0 bridgehead atoms. The maximum Gasteiger partial charge on any atom is 0.261 e. The highest BCUT2D eigenvalue weighted by atomic mass is 16.2. The van der Waals surface area contributed by atoms with Crippen molar-refractivity contribution in [3.05, 3.63) is 23.3 Å². The van der Waals surface area contributed by atoms with Gasteiger partial charge in [-0.1, -0.05) is 26.0 Å². The summed E-state index contributed by atoms with van der Waals surface area (Å²) in [5.41, 5.74) is 0.870. The van der Waals surface area contributed by atoms with Crippen molar-refractivity contribution < 1.29 is 19.2 Å². The molecule has 3 aliphatic rings. The highest BCUT2D eigenvalue weighted by Gasteiger charge is 2.47. The molecule has 6 nitrogen and oxygen atoms in total. The third-order valence-electron chi connectivity index (χ3n) is 4.52. The Morgan fingerprint density at radius 2 is 1.86 bits per heavy atom. The molecule has 0 aromatic rings. The molecular formula is C15H16N2O4. The van der Waals surface area contributed by atoms with Gasteiger partial charge >= 0.3 is 0 Å². The van der Waals surface area contributed by atoms with Crippen molar-refractivity contribution in [3.8, 4) is 0 Å². The van der Waals surface area contributed by atoms with E-state index >= 15 is 0 Å². The molecule has 1 aliphatic carbocycles. The monoisotopic (exact) mass is 288 g/mol.